The number of unbranched alkanes of at least 4 members (excludes halogenated alkanes) is 1. The number of aromatic carboxylic acids is 2. The van der Waals surface area contributed by atoms with Crippen molar-refractivity contribution in [2.45, 2.75) is 33.1 Å². The van der Waals surface area contributed by atoms with Crippen molar-refractivity contribution in [1.29, 1.82) is 0 Å². The van der Waals surface area contributed by atoms with E-state index in [1.165, 1.54) is 12.1 Å². The predicted octanol–water partition coefficient (Wildman–Crippen LogP) is 2.73. The van der Waals surface area contributed by atoms with E-state index in [4.69, 9.17) is 10.2 Å². The van der Waals surface area contributed by atoms with Crippen LogP contribution in [0, 0.1) is 6.92 Å². The second kappa shape index (κ2) is 5.48. The van der Waals surface area contributed by atoms with Gasteiger partial charge in [0.1, 0.15) is 0 Å². The average molecular weight is 236 g/mol. The minimum absolute atomic E-state index is 0.107. The van der Waals surface area contributed by atoms with Gasteiger partial charge in [-0.05, 0) is 43.0 Å². The fourth-order valence-corrected chi connectivity index (χ4v) is 1.82. The second-order valence-corrected chi connectivity index (χ2v) is 4.05. The summed E-state index contributed by atoms with van der Waals surface area (Å²) in [6.07, 6.45) is 2.16. The number of aryl methyl sites for hydroxylation is 1. The molecule has 2 N–H and O–H groups in total. The summed E-state index contributed by atoms with van der Waals surface area (Å²) in [6.45, 7) is 3.68. The molecule has 0 atom stereocenters. The molecule has 4 heteroatoms. The van der Waals surface area contributed by atoms with E-state index in [9.17, 15) is 9.59 Å². The van der Waals surface area contributed by atoms with E-state index in [-0.39, 0.29) is 11.1 Å². The van der Waals surface area contributed by atoms with Crippen LogP contribution in [0.3, 0.4) is 0 Å². The van der Waals surface area contributed by atoms with Gasteiger partial charge in [0.15, 0.2) is 0 Å². The van der Waals surface area contributed by atoms with E-state index < -0.39 is 11.9 Å². The summed E-state index contributed by atoms with van der Waals surface area (Å²) in [5.74, 6) is -2.13. The Kier molecular flexibility index (Phi) is 4.26. The van der Waals surface area contributed by atoms with E-state index in [2.05, 4.69) is 0 Å². The van der Waals surface area contributed by atoms with Crippen molar-refractivity contribution >= 4 is 11.9 Å². The van der Waals surface area contributed by atoms with Crippen molar-refractivity contribution < 1.29 is 19.8 Å². The van der Waals surface area contributed by atoms with E-state index in [1.54, 1.807) is 6.92 Å². The summed E-state index contributed by atoms with van der Waals surface area (Å²) >= 11 is 0. The van der Waals surface area contributed by atoms with Gasteiger partial charge in [0.25, 0.3) is 0 Å². The highest BCUT2D eigenvalue weighted by molar-refractivity contribution is 5.97. The number of hydrogen-bond donors (Lipinski definition) is 2. The lowest BCUT2D eigenvalue weighted by molar-refractivity contribution is 0.0695. The van der Waals surface area contributed by atoms with Gasteiger partial charge in [-0.15, -0.1) is 0 Å². The Morgan fingerprint density at radius 3 is 1.94 bits per heavy atom. The molecule has 0 amide bonds. The molecule has 0 fully saturated rings. The maximum absolute atomic E-state index is 11.1. The molecule has 0 saturated carbocycles. The van der Waals surface area contributed by atoms with Crippen LogP contribution in [0.1, 0.15) is 51.6 Å². The zero-order valence-electron chi connectivity index (χ0n) is 9.99. The molecule has 1 aromatic carbocycles. The lowest BCUT2D eigenvalue weighted by Gasteiger charge is -2.11. The first-order valence-electron chi connectivity index (χ1n) is 5.57. The quantitative estimate of drug-likeness (QED) is 0.824. The summed E-state index contributed by atoms with van der Waals surface area (Å²) in [7, 11) is 0. The standard InChI is InChI=1S/C13H16O4/c1-3-4-5-9-10(12(14)15)6-8(2)7-11(9)13(16)17/h6-7H,3-5H2,1-2H3,(H,14,15)(H,16,17). The van der Waals surface area contributed by atoms with Gasteiger partial charge in [-0.1, -0.05) is 13.3 Å². The second-order valence-electron chi connectivity index (χ2n) is 4.05. The highest BCUT2D eigenvalue weighted by atomic mass is 16.4. The molecule has 0 aliphatic heterocycles. The first-order chi connectivity index (χ1) is 7.97. The Labute approximate surface area is 99.9 Å². The van der Waals surface area contributed by atoms with Gasteiger partial charge in [0.05, 0.1) is 11.1 Å². The van der Waals surface area contributed by atoms with Crippen LogP contribution in [-0.2, 0) is 6.42 Å². The molecule has 0 radical (unpaired) electrons. The molecule has 0 aliphatic carbocycles. The van der Waals surface area contributed by atoms with Gasteiger partial charge in [-0.3, -0.25) is 0 Å². The molecule has 0 aliphatic rings. The maximum atomic E-state index is 11.1. The third-order valence-corrected chi connectivity index (χ3v) is 2.64. The monoisotopic (exact) mass is 236 g/mol. The van der Waals surface area contributed by atoms with Crippen LogP contribution in [0.2, 0.25) is 0 Å². The Balaban J connectivity index is 3.36. The largest absolute Gasteiger partial charge is 0.478 e. The highest BCUT2D eigenvalue weighted by Gasteiger charge is 2.18. The fraction of sp³-hybridized carbons (Fsp3) is 0.385. The lowest BCUT2D eigenvalue weighted by Crippen LogP contribution is -2.11. The lowest BCUT2D eigenvalue weighted by atomic mass is 9.94. The number of carboxylic acid groups (broad SMARTS) is 2. The summed E-state index contributed by atoms with van der Waals surface area (Å²) in [6, 6.07) is 3.06. The summed E-state index contributed by atoms with van der Waals surface area (Å²) in [5.41, 5.74) is 1.30. The van der Waals surface area contributed by atoms with Crippen LogP contribution in [-0.4, -0.2) is 22.2 Å². The van der Waals surface area contributed by atoms with E-state index in [0.29, 0.717) is 17.5 Å². The molecule has 92 valence electrons. The third-order valence-electron chi connectivity index (χ3n) is 2.64. The summed E-state index contributed by atoms with van der Waals surface area (Å²) in [5, 5.41) is 18.2. The minimum atomic E-state index is -1.07. The number of hydrogen-bond acceptors (Lipinski definition) is 2. The SMILES string of the molecule is CCCCc1c(C(=O)O)cc(C)cc1C(=O)O. The van der Waals surface area contributed by atoms with Crippen LogP contribution in [0.5, 0.6) is 0 Å². The van der Waals surface area contributed by atoms with E-state index >= 15 is 0 Å². The van der Waals surface area contributed by atoms with Gasteiger partial charge in [0.2, 0.25) is 0 Å². The van der Waals surface area contributed by atoms with Gasteiger partial charge in [-0.25, -0.2) is 9.59 Å². The Hall–Kier alpha value is -1.84. The normalized spacial score (nSPS) is 10.2. The Morgan fingerprint density at radius 2 is 1.59 bits per heavy atom. The van der Waals surface area contributed by atoms with Crippen molar-refractivity contribution in [3.8, 4) is 0 Å². The van der Waals surface area contributed by atoms with Gasteiger partial charge in [0, 0.05) is 0 Å². The zero-order valence-corrected chi connectivity index (χ0v) is 9.99. The molecule has 1 aromatic rings. The molecule has 0 saturated heterocycles. The third kappa shape index (κ3) is 3.06. The topological polar surface area (TPSA) is 74.6 Å². The fourth-order valence-electron chi connectivity index (χ4n) is 1.82. The average Bonchev–Trinajstić information content (AvgIpc) is 2.26. The molecule has 0 bridgehead atoms. The van der Waals surface area contributed by atoms with Crippen molar-refractivity contribution in [3.63, 3.8) is 0 Å². The minimum Gasteiger partial charge on any atom is -0.478 e. The van der Waals surface area contributed by atoms with Crippen LogP contribution in [0.25, 0.3) is 0 Å². The summed E-state index contributed by atoms with van der Waals surface area (Å²) < 4.78 is 0. The van der Waals surface area contributed by atoms with Crippen LogP contribution >= 0.6 is 0 Å². The molecule has 0 aromatic heterocycles. The highest BCUT2D eigenvalue weighted by Crippen LogP contribution is 2.20. The molecule has 1 rings (SSSR count). The number of rotatable bonds is 5. The van der Waals surface area contributed by atoms with Crippen LogP contribution in [0.15, 0.2) is 12.1 Å². The number of carbonyl (C=O) groups is 2. The summed E-state index contributed by atoms with van der Waals surface area (Å²) in [4.78, 5) is 22.2. The van der Waals surface area contributed by atoms with Crippen molar-refractivity contribution in [3.05, 3.63) is 34.4 Å². The number of benzene rings is 1. The number of carboxylic acids is 2. The first-order valence-corrected chi connectivity index (χ1v) is 5.57. The molecule has 0 spiro atoms. The molecular weight excluding hydrogens is 220 g/mol. The van der Waals surface area contributed by atoms with E-state index in [1.807, 2.05) is 6.92 Å². The van der Waals surface area contributed by atoms with E-state index in [0.717, 1.165) is 12.8 Å². The molecule has 17 heavy (non-hydrogen) atoms. The molecule has 0 heterocycles. The molecule has 0 unspecified atom stereocenters. The smallest absolute Gasteiger partial charge is 0.335 e. The van der Waals surface area contributed by atoms with Gasteiger partial charge >= 0.3 is 11.9 Å². The van der Waals surface area contributed by atoms with Crippen LogP contribution in [0.4, 0.5) is 0 Å². The molecule has 4 nitrogen and oxygen atoms in total. The predicted molar refractivity (Wildman–Crippen MR) is 63.7 cm³/mol. The molecular formula is C13H16O4. The Morgan fingerprint density at radius 1 is 1.12 bits per heavy atom. The van der Waals surface area contributed by atoms with Crippen molar-refractivity contribution in [2.24, 2.45) is 0 Å². The Bertz CT molecular complexity index is 414. The maximum Gasteiger partial charge on any atom is 0.335 e. The van der Waals surface area contributed by atoms with Crippen molar-refractivity contribution in [1.82, 2.24) is 0 Å². The van der Waals surface area contributed by atoms with Gasteiger partial charge in [-0.2, -0.15) is 0 Å². The van der Waals surface area contributed by atoms with Gasteiger partial charge < -0.3 is 10.2 Å². The van der Waals surface area contributed by atoms with Crippen LogP contribution < -0.4 is 0 Å². The van der Waals surface area contributed by atoms with Crippen molar-refractivity contribution in [2.75, 3.05) is 0 Å². The zero-order chi connectivity index (χ0) is 13.0. The first kappa shape index (κ1) is 13.2.